The Morgan fingerprint density at radius 1 is 0.895 bits per heavy atom. The van der Waals surface area contributed by atoms with Crippen LogP contribution in [0, 0.1) is 0 Å². The zero-order chi connectivity index (χ0) is 13.8. The van der Waals surface area contributed by atoms with Crippen molar-refractivity contribution >= 4 is 5.69 Å². The van der Waals surface area contributed by atoms with E-state index in [0.717, 1.165) is 23.8 Å². The van der Waals surface area contributed by atoms with Crippen LogP contribution in [0.4, 0.5) is 5.69 Å². The number of anilines is 1. The number of para-hydroxylation sites is 1. The molecule has 19 heavy (non-hydrogen) atoms. The SMILES string of the molecule is CCCCCCCCCCNN(O)c1ccccc1. The van der Waals surface area contributed by atoms with Crippen LogP contribution >= 0.6 is 0 Å². The number of benzene rings is 1. The first kappa shape index (κ1) is 16.0. The maximum atomic E-state index is 9.74. The van der Waals surface area contributed by atoms with E-state index in [1.54, 1.807) is 0 Å². The summed E-state index contributed by atoms with van der Waals surface area (Å²) in [6.07, 6.45) is 10.4. The largest absolute Gasteiger partial charge is 0.273 e. The van der Waals surface area contributed by atoms with Crippen LogP contribution in [0.15, 0.2) is 30.3 Å². The minimum absolute atomic E-state index is 0.780. The summed E-state index contributed by atoms with van der Waals surface area (Å²) in [4.78, 5) is 0. The Balaban J connectivity index is 1.93. The molecule has 0 saturated heterocycles. The lowest BCUT2D eigenvalue weighted by molar-refractivity contribution is 0.210. The number of hydrazine groups is 1. The Kier molecular flexibility index (Phi) is 9.11. The highest BCUT2D eigenvalue weighted by atomic mass is 16.5. The van der Waals surface area contributed by atoms with Gasteiger partial charge in [0.25, 0.3) is 0 Å². The second-order valence-electron chi connectivity index (χ2n) is 5.03. The molecule has 3 heteroatoms. The Bertz CT molecular complexity index is 303. The van der Waals surface area contributed by atoms with Crippen LogP contribution in [0.2, 0.25) is 0 Å². The molecule has 1 aromatic carbocycles. The molecule has 0 spiro atoms. The number of nitrogens with one attached hydrogen (secondary N) is 1. The molecule has 0 unspecified atom stereocenters. The summed E-state index contributed by atoms with van der Waals surface area (Å²) in [5.41, 5.74) is 3.78. The summed E-state index contributed by atoms with van der Waals surface area (Å²) in [5.74, 6) is 0. The molecular formula is C16H28N2O. The first-order chi connectivity index (χ1) is 9.34. The number of hydrogen-bond acceptors (Lipinski definition) is 3. The molecule has 0 aliphatic rings. The van der Waals surface area contributed by atoms with Gasteiger partial charge in [-0.05, 0) is 18.6 Å². The Morgan fingerprint density at radius 2 is 1.47 bits per heavy atom. The Hall–Kier alpha value is -1.06. The summed E-state index contributed by atoms with van der Waals surface area (Å²) in [6, 6.07) is 9.52. The molecule has 2 N–H and O–H groups in total. The maximum Gasteiger partial charge on any atom is 0.0820 e. The van der Waals surface area contributed by atoms with Gasteiger partial charge in [0.05, 0.1) is 5.69 Å². The van der Waals surface area contributed by atoms with Gasteiger partial charge in [-0.2, -0.15) is 5.17 Å². The molecule has 0 aliphatic carbocycles. The lowest BCUT2D eigenvalue weighted by atomic mass is 10.1. The van der Waals surface area contributed by atoms with Crippen molar-refractivity contribution in [2.75, 3.05) is 11.7 Å². The van der Waals surface area contributed by atoms with Gasteiger partial charge >= 0.3 is 0 Å². The standard InChI is InChI=1S/C16H28N2O/c1-2-3-4-5-6-7-8-12-15-17-18(19)16-13-10-9-11-14-16/h9-11,13-14,17,19H,2-8,12,15H2,1H3. The average Bonchev–Trinajstić information content (AvgIpc) is 2.46. The van der Waals surface area contributed by atoms with E-state index in [-0.39, 0.29) is 0 Å². The van der Waals surface area contributed by atoms with Gasteiger partial charge in [0.2, 0.25) is 0 Å². The van der Waals surface area contributed by atoms with Crippen molar-refractivity contribution in [3.05, 3.63) is 30.3 Å². The van der Waals surface area contributed by atoms with E-state index in [4.69, 9.17) is 0 Å². The number of rotatable bonds is 11. The highest BCUT2D eigenvalue weighted by Crippen LogP contribution is 2.09. The molecule has 0 fully saturated rings. The Morgan fingerprint density at radius 3 is 2.11 bits per heavy atom. The second-order valence-corrected chi connectivity index (χ2v) is 5.03. The molecular weight excluding hydrogens is 236 g/mol. The number of unbranched alkanes of at least 4 members (excludes halogenated alkanes) is 7. The molecule has 0 radical (unpaired) electrons. The molecule has 1 aromatic rings. The van der Waals surface area contributed by atoms with Crippen LogP contribution < -0.4 is 10.6 Å². The third kappa shape index (κ3) is 7.85. The van der Waals surface area contributed by atoms with Crippen molar-refractivity contribution in [1.82, 2.24) is 5.43 Å². The average molecular weight is 264 g/mol. The minimum atomic E-state index is 0.780. The summed E-state index contributed by atoms with van der Waals surface area (Å²) in [6.45, 7) is 3.07. The molecule has 108 valence electrons. The van der Waals surface area contributed by atoms with E-state index in [9.17, 15) is 5.21 Å². The fourth-order valence-electron chi connectivity index (χ4n) is 2.10. The van der Waals surface area contributed by atoms with Crippen molar-refractivity contribution in [2.24, 2.45) is 0 Å². The van der Waals surface area contributed by atoms with Gasteiger partial charge in [0, 0.05) is 6.54 Å². The Labute approximate surface area is 117 Å². The highest BCUT2D eigenvalue weighted by molar-refractivity contribution is 5.41. The van der Waals surface area contributed by atoms with Crippen LogP contribution in [-0.4, -0.2) is 11.8 Å². The van der Waals surface area contributed by atoms with Gasteiger partial charge in [0.1, 0.15) is 0 Å². The normalized spacial score (nSPS) is 10.6. The minimum Gasteiger partial charge on any atom is -0.273 e. The molecule has 0 aliphatic heterocycles. The lowest BCUT2D eigenvalue weighted by Gasteiger charge is -2.17. The zero-order valence-electron chi connectivity index (χ0n) is 12.1. The predicted octanol–water partition coefficient (Wildman–Crippen LogP) is 4.53. The van der Waals surface area contributed by atoms with E-state index in [0.29, 0.717) is 0 Å². The van der Waals surface area contributed by atoms with Crippen LogP contribution in [0.5, 0.6) is 0 Å². The molecule has 0 bridgehead atoms. The molecule has 0 atom stereocenters. The van der Waals surface area contributed by atoms with Gasteiger partial charge in [-0.3, -0.25) is 5.21 Å². The van der Waals surface area contributed by atoms with E-state index in [1.165, 1.54) is 44.9 Å². The summed E-state index contributed by atoms with van der Waals surface area (Å²) < 4.78 is 0. The molecule has 1 rings (SSSR count). The van der Waals surface area contributed by atoms with Gasteiger partial charge in [-0.15, -0.1) is 0 Å². The van der Waals surface area contributed by atoms with Crippen molar-refractivity contribution in [3.8, 4) is 0 Å². The number of nitrogens with zero attached hydrogens (tertiary/aromatic N) is 1. The van der Waals surface area contributed by atoms with Crippen molar-refractivity contribution in [1.29, 1.82) is 0 Å². The first-order valence-corrected chi connectivity index (χ1v) is 7.62. The van der Waals surface area contributed by atoms with Gasteiger partial charge < -0.3 is 0 Å². The highest BCUT2D eigenvalue weighted by Gasteiger charge is 1.99. The van der Waals surface area contributed by atoms with E-state index < -0.39 is 0 Å². The quantitative estimate of drug-likeness (QED) is 0.455. The maximum absolute atomic E-state index is 9.74. The van der Waals surface area contributed by atoms with Crippen LogP contribution in [0.1, 0.15) is 58.3 Å². The molecule has 0 saturated carbocycles. The second kappa shape index (κ2) is 10.8. The lowest BCUT2D eigenvalue weighted by Crippen LogP contribution is -2.35. The van der Waals surface area contributed by atoms with Gasteiger partial charge in [-0.1, -0.05) is 70.1 Å². The van der Waals surface area contributed by atoms with E-state index >= 15 is 0 Å². The molecule has 0 heterocycles. The van der Waals surface area contributed by atoms with Crippen molar-refractivity contribution < 1.29 is 5.21 Å². The predicted molar refractivity (Wildman–Crippen MR) is 81.3 cm³/mol. The molecule has 0 aromatic heterocycles. The fourth-order valence-corrected chi connectivity index (χ4v) is 2.10. The van der Waals surface area contributed by atoms with E-state index in [1.807, 2.05) is 30.3 Å². The summed E-state index contributed by atoms with van der Waals surface area (Å²) >= 11 is 0. The fraction of sp³-hybridized carbons (Fsp3) is 0.625. The van der Waals surface area contributed by atoms with Crippen molar-refractivity contribution in [2.45, 2.75) is 58.3 Å². The monoisotopic (exact) mass is 264 g/mol. The smallest absolute Gasteiger partial charge is 0.0820 e. The third-order valence-corrected chi connectivity index (χ3v) is 3.29. The first-order valence-electron chi connectivity index (χ1n) is 7.62. The third-order valence-electron chi connectivity index (χ3n) is 3.29. The van der Waals surface area contributed by atoms with Gasteiger partial charge in [-0.25, -0.2) is 5.43 Å². The van der Waals surface area contributed by atoms with Gasteiger partial charge in [0.15, 0.2) is 0 Å². The van der Waals surface area contributed by atoms with Crippen LogP contribution in [0.3, 0.4) is 0 Å². The molecule has 0 amide bonds. The molecule has 3 nitrogen and oxygen atoms in total. The van der Waals surface area contributed by atoms with E-state index in [2.05, 4.69) is 12.3 Å². The van der Waals surface area contributed by atoms with Crippen LogP contribution in [-0.2, 0) is 0 Å². The number of hydrogen-bond donors (Lipinski definition) is 2. The van der Waals surface area contributed by atoms with Crippen LogP contribution in [0.25, 0.3) is 0 Å². The summed E-state index contributed by atoms with van der Waals surface area (Å²) in [5, 5.41) is 10.9. The zero-order valence-corrected chi connectivity index (χ0v) is 12.1. The topological polar surface area (TPSA) is 35.5 Å². The summed E-state index contributed by atoms with van der Waals surface area (Å²) in [7, 11) is 0. The van der Waals surface area contributed by atoms with Crippen molar-refractivity contribution in [3.63, 3.8) is 0 Å².